The first-order valence-corrected chi connectivity index (χ1v) is 10.4. The van der Waals surface area contributed by atoms with Gasteiger partial charge in [-0.1, -0.05) is 55.5 Å². The van der Waals surface area contributed by atoms with Crippen LogP contribution < -0.4 is 5.32 Å². The number of ether oxygens (including phenoxy) is 1. The van der Waals surface area contributed by atoms with Gasteiger partial charge in [0.25, 0.3) is 0 Å². The molecule has 4 rings (SSSR count). The van der Waals surface area contributed by atoms with Crippen molar-refractivity contribution in [2.45, 2.75) is 38.3 Å². The van der Waals surface area contributed by atoms with Gasteiger partial charge in [-0.2, -0.15) is 5.10 Å². The van der Waals surface area contributed by atoms with Gasteiger partial charge in [0.1, 0.15) is 6.61 Å². The predicted octanol–water partition coefficient (Wildman–Crippen LogP) is 4.35. The van der Waals surface area contributed by atoms with Gasteiger partial charge in [0.2, 0.25) is 0 Å². The minimum absolute atomic E-state index is 0.0524. The van der Waals surface area contributed by atoms with Gasteiger partial charge in [0, 0.05) is 24.2 Å². The Morgan fingerprint density at radius 1 is 1.13 bits per heavy atom. The van der Waals surface area contributed by atoms with E-state index in [0.29, 0.717) is 5.56 Å². The molecule has 160 valence electrons. The molecular formula is C24H25N3O4. The number of aryl methyl sites for hydroxylation is 1. The molecule has 0 bridgehead atoms. The number of fused-ring (bicyclic) bond motifs is 3. The molecule has 31 heavy (non-hydrogen) atoms. The van der Waals surface area contributed by atoms with E-state index in [1.165, 1.54) is 0 Å². The van der Waals surface area contributed by atoms with E-state index in [9.17, 15) is 14.7 Å². The van der Waals surface area contributed by atoms with Crippen LogP contribution in [0.25, 0.3) is 11.1 Å². The number of benzene rings is 2. The molecule has 7 nitrogen and oxygen atoms in total. The lowest BCUT2D eigenvalue weighted by molar-refractivity contribution is -0.137. The third-order valence-corrected chi connectivity index (χ3v) is 5.52. The number of aromatic nitrogens is 2. The number of amides is 1. The Labute approximate surface area is 180 Å². The molecule has 0 spiro atoms. The van der Waals surface area contributed by atoms with E-state index in [0.717, 1.165) is 35.2 Å². The molecule has 1 aromatic heterocycles. The van der Waals surface area contributed by atoms with E-state index < -0.39 is 18.1 Å². The summed E-state index contributed by atoms with van der Waals surface area (Å²) in [6, 6.07) is 15.5. The minimum Gasteiger partial charge on any atom is -0.481 e. The molecule has 1 aliphatic carbocycles. The fourth-order valence-corrected chi connectivity index (χ4v) is 4.12. The van der Waals surface area contributed by atoms with Gasteiger partial charge in [-0.25, -0.2) is 4.79 Å². The summed E-state index contributed by atoms with van der Waals surface area (Å²) in [4.78, 5) is 23.9. The first-order chi connectivity index (χ1) is 15.1. The topological polar surface area (TPSA) is 93.5 Å². The molecule has 1 unspecified atom stereocenters. The van der Waals surface area contributed by atoms with Crippen LogP contribution in [0.15, 0.2) is 60.9 Å². The summed E-state index contributed by atoms with van der Waals surface area (Å²) in [5.41, 5.74) is 5.20. The predicted molar refractivity (Wildman–Crippen MR) is 116 cm³/mol. The highest BCUT2D eigenvalue weighted by atomic mass is 16.5. The molecule has 0 fully saturated rings. The number of hydrogen-bond donors (Lipinski definition) is 2. The quantitative estimate of drug-likeness (QED) is 0.566. The summed E-state index contributed by atoms with van der Waals surface area (Å²) in [7, 11) is 0. The fraction of sp³-hybridized carbons (Fsp3) is 0.292. The number of carbonyl (C=O) groups excluding carboxylic acids is 1. The molecule has 2 N–H and O–H groups in total. The molecule has 0 saturated heterocycles. The molecule has 0 aliphatic heterocycles. The number of alkyl carbamates (subject to hydrolysis) is 1. The van der Waals surface area contributed by atoms with Crippen LogP contribution in [0.3, 0.4) is 0 Å². The van der Waals surface area contributed by atoms with Gasteiger partial charge in [0.15, 0.2) is 0 Å². The number of aliphatic carboxylic acids is 1. The number of nitrogens with zero attached hydrogens (tertiary/aromatic N) is 2. The molecule has 1 heterocycles. The van der Waals surface area contributed by atoms with Crippen molar-refractivity contribution < 1.29 is 19.4 Å². The van der Waals surface area contributed by atoms with Gasteiger partial charge in [-0.3, -0.25) is 9.48 Å². The van der Waals surface area contributed by atoms with Gasteiger partial charge in [0.05, 0.1) is 18.7 Å². The zero-order valence-corrected chi connectivity index (χ0v) is 17.3. The SMILES string of the molecule is CCCn1cc(C(CC(=O)O)NC(=O)OCC2c3ccccc3-c3ccccc32)cn1. The molecule has 1 aliphatic rings. The summed E-state index contributed by atoms with van der Waals surface area (Å²) < 4.78 is 7.30. The van der Waals surface area contributed by atoms with E-state index in [1.807, 2.05) is 31.2 Å². The highest BCUT2D eigenvalue weighted by molar-refractivity contribution is 5.79. The zero-order valence-electron chi connectivity index (χ0n) is 17.3. The van der Waals surface area contributed by atoms with Crippen LogP contribution in [0.5, 0.6) is 0 Å². The van der Waals surface area contributed by atoms with E-state index in [2.05, 4.69) is 34.7 Å². The summed E-state index contributed by atoms with van der Waals surface area (Å²) in [5, 5.41) is 16.2. The van der Waals surface area contributed by atoms with Crippen molar-refractivity contribution in [2.75, 3.05) is 6.61 Å². The Kier molecular flexibility index (Phi) is 6.02. The van der Waals surface area contributed by atoms with Gasteiger partial charge >= 0.3 is 12.1 Å². The summed E-state index contributed by atoms with van der Waals surface area (Å²) in [6.07, 6.45) is 3.37. The van der Waals surface area contributed by atoms with Gasteiger partial charge in [-0.15, -0.1) is 0 Å². The Balaban J connectivity index is 1.45. The van der Waals surface area contributed by atoms with Gasteiger partial charge in [-0.05, 0) is 28.7 Å². The molecular weight excluding hydrogens is 394 g/mol. The average Bonchev–Trinajstić information content (AvgIpc) is 3.35. The Morgan fingerprint density at radius 3 is 2.39 bits per heavy atom. The smallest absolute Gasteiger partial charge is 0.407 e. The molecule has 1 atom stereocenters. The van der Waals surface area contributed by atoms with Crippen LogP contribution in [0.1, 0.15) is 48.4 Å². The number of carboxylic acids is 1. The lowest BCUT2D eigenvalue weighted by Crippen LogP contribution is -2.31. The lowest BCUT2D eigenvalue weighted by atomic mass is 9.98. The standard InChI is InChI=1S/C24H25N3O4/c1-2-11-27-14-16(13-25-27)22(12-23(28)29)26-24(30)31-15-21-19-9-5-3-7-17(19)18-8-4-6-10-20(18)21/h3-10,13-14,21-22H,2,11-12,15H2,1H3,(H,26,30)(H,28,29). The fourth-order valence-electron chi connectivity index (χ4n) is 4.12. The van der Waals surface area contributed by atoms with Crippen LogP contribution in [0.4, 0.5) is 4.79 Å². The summed E-state index contributed by atoms with van der Waals surface area (Å²) in [5.74, 6) is -1.06. The van der Waals surface area contributed by atoms with E-state index in [4.69, 9.17) is 4.74 Å². The Morgan fingerprint density at radius 2 is 1.77 bits per heavy atom. The van der Waals surface area contributed by atoms with Crippen molar-refractivity contribution in [2.24, 2.45) is 0 Å². The molecule has 7 heteroatoms. The molecule has 0 saturated carbocycles. The van der Waals surface area contributed by atoms with Crippen LogP contribution in [-0.2, 0) is 16.1 Å². The van der Waals surface area contributed by atoms with E-state index in [-0.39, 0.29) is 18.9 Å². The van der Waals surface area contributed by atoms with Crippen molar-refractivity contribution in [3.8, 4) is 11.1 Å². The monoisotopic (exact) mass is 419 g/mol. The van der Waals surface area contributed by atoms with Crippen molar-refractivity contribution >= 4 is 12.1 Å². The zero-order chi connectivity index (χ0) is 21.8. The van der Waals surface area contributed by atoms with Crippen molar-refractivity contribution in [1.29, 1.82) is 0 Å². The highest BCUT2D eigenvalue weighted by Crippen LogP contribution is 2.44. The van der Waals surface area contributed by atoms with Gasteiger partial charge < -0.3 is 15.2 Å². The van der Waals surface area contributed by atoms with Crippen LogP contribution in [0, 0.1) is 0 Å². The number of carboxylic acid groups (broad SMARTS) is 1. The molecule has 0 radical (unpaired) electrons. The molecule has 2 aromatic carbocycles. The van der Waals surface area contributed by atoms with Crippen LogP contribution in [-0.4, -0.2) is 33.6 Å². The second-order valence-electron chi connectivity index (χ2n) is 7.66. The molecule has 3 aromatic rings. The second kappa shape index (κ2) is 9.04. The first kappa shape index (κ1) is 20.7. The van der Waals surface area contributed by atoms with Crippen LogP contribution >= 0.6 is 0 Å². The van der Waals surface area contributed by atoms with Crippen molar-refractivity contribution in [3.05, 3.63) is 77.6 Å². The van der Waals surface area contributed by atoms with Crippen molar-refractivity contribution in [1.82, 2.24) is 15.1 Å². The largest absolute Gasteiger partial charge is 0.481 e. The first-order valence-electron chi connectivity index (χ1n) is 10.4. The third kappa shape index (κ3) is 4.45. The maximum absolute atomic E-state index is 12.6. The Bertz CT molecular complexity index is 1050. The highest BCUT2D eigenvalue weighted by Gasteiger charge is 2.29. The molecule has 1 amide bonds. The normalized spacial score (nSPS) is 13.3. The maximum Gasteiger partial charge on any atom is 0.407 e. The lowest BCUT2D eigenvalue weighted by Gasteiger charge is -2.18. The second-order valence-corrected chi connectivity index (χ2v) is 7.66. The number of rotatable bonds is 8. The third-order valence-electron chi connectivity index (χ3n) is 5.52. The van der Waals surface area contributed by atoms with E-state index in [1.54, 1.807) is 17.1 Å². The van der Waals surface area contributed by atoms with Crippen molar-refractivity contribution in [3.63, 3.8) is 0 Å². The summed E-state index contributed by atoms with van der Waals surface area (Å²) in [6.45, 7) is 2.94. The number of hydrogen-bond acceptors (Lipinski definition) is 4. The number of nitrogens with one attached hydrogen (secondary N) is 1. The Hall–Kier alpha value is -3.61. The summed E-state index contributed by atoms with van der Waals surface area (Å²) >= 11 is 0. The van der Waals surface area contributed by atoms with Crippen LogP contribution in [0.2, 0.25) is 0 Å². The maximum atomic E-state index is 12.6. The average molecular weight is 419 g/mol. The van der Waals surface area contributed by atoms with E-state index >= 15 is 0 Å². The number of carbonyl (C=O) groups is 2. The minimum atomic E-state index is -1.01.